The molecular weight excluding hydrogens is 372 g/mol. The molecule has 1 heterocycles. The largest absolute Gasteiger partial charge is 0.272 e. The lowest BCUT2D eigenvalue weighted by atomic mass is 9.85. The molecule has 5 rings (SSSR count). The summed E-state index contributed by atoms with van der Waals surface area (Å²) in [5.41, 5.74) is 3.09. The second-order valence-corrected chi connectivity index (χ2v) is 8.10. The first kappa shape index (κ1) is 14.4. The van der Waals surface area contributed by atoms with Gasteiger partial charge in [-0.3, -0.25) is 19.8 Å². The van der Waals surface area contributed by atoms with Crippen LogP contribution in [0.2, 0.25) is 0 Å². The lowest BCUT2D eigenvalue weighted by Gasteiger charge is -2.22. The fourth-order valence-electron chi connectivity index (χ4n) is 4.96. The van der Waals surface area contributed by atoms with Gasteiger partial charge in [0.15, 0.2) is 0 Å². The van der Waals surface area contributed by atoms with Gasteiger partial charge >= 0.3 is 0 Å². The van der Waals surface area contributed by atoms with Crippen LogP contribution in [0.1, 0.15) is 23.2 Å². The number of allylic oxidation sites excluding steroid dienone is 2. The van der Waals surface area contributed by atoms with Crippen molar-refractivity contribution in [3.63, 3.8) is 0 Å². The van der Waals surface area contributed by atoms with Crippen molar-refractivity contribution in [2.24, 2.45) is 29.1 Å². The van der Waals surface area contributed by atoms with Crippen LogP contribution in [0, 0.1) is 29.1 Å². The molecule has 1 N–H and O–H groups in total. The molecule has 0 radical (unpaired) electrons. The first-order valence-corrected chi connectivity index (χ1v) is 8.95. The van der Waals surface area contributed by atoms with Crippen molar-refractivity contribution in [2.75, 3.05) is 0 Å². The maximum Gasteiger partial charge on any atom is 0.270 e. The van der Waals surface area contributed by atoms with Crippen molar-refractivity contribution in [3.05, 3.63) is 46.5 Å². The summed E-state index contributed by atoms with van der Waals surface area (Å²) in [7, 11) is 0. The highest BCUT2D eigenvalue weighted by Gasteiger charge is 2.73. The first-order valence-electron chi connectivity index (χ1n) is 8.16. The van der Waals surface area contributed by atoms with E-state index in [-0.39, 0.29) is 40.9 Å². The minimum Gasteiger partial charge on any atom is -0.272 e. The molecule has 2 saturated carbocycles. The van der Waals surface area contributed by atoms with E-state index in [0.717, 1.165) is 22.3 Å². The van der Waals surface area contributed by atoms with Crippen molar-refractivity contribution in [3.8, 4) is 0 Å². The summed E-state index contributed by atoms with van der Waals surface area (Å²) in [4.78, 5) is 37.9. The second kappa shape index (κ2) is 4.57. The number of rotatable bonds is 2. The monoisotopic (exact) mass is 386 g/mol. The molecule has 1 aromatic carbocycles. The summed E-state index contributed by atoms with van der Waals surface area (Å²) in [5.74, 6) is -1.19. The van der Waals surface area contributed by atoms with E-state index in [1.807, 2.05) is 0 Å². The Hall–Kier alpha value is -1.95. The zero-order valence-electron chi connectivity index (χ0n) is 12.7. The number of nitrogens with zero attached hydrogens (tertiary/aromatic N) is 1. The molecule has 4 aliphatic rings. The highest BCUT2D eigenvalue weighted by molar-refractivity contribution is 9.10. The van der Waals surface area contributed by atoms with Crippen LogP contribution < -0.4 is 5.43 Å². The fourth-order valence-corrected chi connectivity index (χ4v) is 5.22. The quantitative estimate of drug-likeness (QED) is 0.626. The number of carbonyl (C=O) groups is 3. The molecule has 3 aliphatic carbocycles. The van der Waals surface area contributed by atoms with Gasteiger partial charge in [-0.05, 0) is 54.4 Å². The molecule has 3 fully saturated rings. The Kier molecular flexibility index (Phi) is 2.74. The Morgan fingerprint density at radius 2 is 1.58 bits per heavy atom. The van der Waals surface area contributed by atoms with E-state index in [2.05, 4.69) is 33.5 Å². The van der Waals surface area contributed by atoms with E-state index in [9.17, 15) is 14.4 Å². The molecule has 4 atom stereocenters. The average molecular weight is 387 g/mol. The maximum atomic E-state index is 12.8. The van der Waals surface area contributed by atoms with Crippen LogP contribution in [0.3, 0.4) is 0 Å². The van der Waals surface area contributed by atoms with Gasteiger partial charge in [-0.15, -0.1) is 0 Å². The summed E-state index contributed by atoms with van der Waals surface area (Å²) in [6.45, 7) is 0. The number of halogens is 1. The van der Waals surface area contributed by atoms with Gasteiger partial charge in [-0.1, -0.05) is 28.1 Å². The standard InChI is InChI=1S/C18H15BrN2O3/c19-10-3-1-9(2-4-10)15(22)20-21-16(23)13-11-5-6-12(14(13)17(21)24)18(11)7-8-18/h1-6,11-14H,7-8H2,(H,20,22)/t11-,12-,13-,14-/m0/s1. The maximum absolute atomic E-state index is 12.8. The summed E-state index contributed by atoms with van der Waals surface area (Å²) in [6, 6.07) is 6.79. The Bertz CT molecular complexity index is 778. The summed E-state index contributed by atoms with van der Waals surface area (Å²) >= 11 is 3.31. The summed E-state index contributed by atoms with van der Waals surface area (Å²) in [5, 5.41) is 0.960. The van der Waals surface area contributed by atoms with Crippen molar-refractivity contribution in [1.29, 1.82) is 0 Å². The minimum atomic E-state index is -0.439. The average Bonchev–Trinajstić information content (AvgIpc) is 3.18. The third-order valence-electron chi connectivity index (χ3n) is 6.17. The Balaban J connectivity index is 1.39. The van der Waals surface area contributed by atoms with Gasteiger partial charge in [0, 0.05) is 10.0 Å². The highest BCUT2D eigenvalue weighted by atomic mass is 79.9. The predicted molar refractivity (Wildman–Crippen MR) is 88.2 cm³/mol. The van der Waals surface area contributed by atoms with Crippen molar-refractivity contribution < 1.29 is 14.4 Å². The number of hydrazine groups is 1. The SMILES string of the molecule is O=C(NN1C(=O)[C@@H]2[C@@H](C1=O)[C@@H]1C=C[C@@H]2C12CC2)c1ccc(Br)cc1. The summed E-state index contributed by atoms with van der Waals surface area (Å²) in [6.07, 6.45) is 6.44. The van der Waals surface area contributed by atoms with Gasteiger partial charge in [-0.2, -0.15) is 5.01 Å². The van der Waals surface area contributed by atoms with E-state index < -0.39 is 5.91 Å². The smallest absolute Gasteiger partial charge is 0.270 e. The van der Waals surface area contributed by atoms with Crippen molar-refractivity contribution in [1.82, 2.24) is 10.4 Å². The molecule has 1 spiro atoms. The lowest BCUT2D eigenvalue weighted by molar-refractivity contribution is -0.144. The van der Waals surface area contributed by atoms with E-state index >= 15 is 0 Å². The number of hydrogen-bond acceptors (Lipinski definition) is 3. The van der Waals surface area contributed by atoms with Crippen molar-refractivity contribution in [2.45, 2.75) is 12.8 Å². The first-order chi connectivity index (χ1) is 11.5. The normalized spacial score (nSPS) is 34.1. The second-order valence-electron chi connectivity index (χ2n) is 7.18. The molecular formula is C18H15BrN2O3. The van der Waals surface area contributed by atoms with Crippen molar-refractivity contribution >= 4 is 33.7 Å². The van der Waals surface area contributed by atoms with E-state index in [1.54, 1.807) is 24.3 Å². The number of nitrogens with one attached hydrogen (secondary N) is 1. The van der Waals surface area contributed by atoms with Gasteiger partial charge < -0.3 is 0 Å². The van der Waals surface area contributed by atoms with Crippen LogP contribution in [0.15, 0.2) is 40.9 Å². The van der Waals surface area contributed by atoms with E-state index in [1.165, 1.54) is 0 Å². The van der Waals surface area contributed by atoms with E-state index in [4.69, 9.17) is 0 Å². The topological polar surface area (TPSA) is 66.5 Å². The molecule has 2 bridgehead atoms. The number of carbonyl (C=O) groups excluding carboxylic acids is 3. The van der Waals surface area contributed by atoms with Gasteiger partial charge in [0.25, 0.3) is 17.7 Å². The molecule has 24 heavy (non-hydrogen) atoms. The Morgan fingerprint density at radius 3 is 2.08 bits per heavy atom. The van der Waals surface area contributed by atoms with Crippen LogP contribution >= 0.6 is 15.9 Å². The van der Waals surface area contributed by atoms with Crippen LogP contribution in [0.5, 0.6) is 0 Å². The zero-order chi connectivity index (χ0) is 16.6. The van der Waals surface area contributed by atoms with Gasteiger partial charge in [0.2, 0.25) is 0 Å². The number of hydrogen-bond donors (Lipinski definition) is 1. The fraction of sp³-hybridized carbons (Fsp3) is 0.389. The minimum absolute atomic E-state index is 0.165. The van der Waals surface area contributed by atoms with Crippen LogP contribution in [0.25, 0.3) is 0 Å². The van der Waals surface area contributed by atoms with Crippen LogP contribution in [-0.4, -0.2) is 22.7 Å². The molecule has 1 aromatic rings. The third kappa shape index (κ3) is 1.67. The Labute approximate surface area is 147 Å². The number of imide groups is 1. The Morgan fingerprint density at radius 1 is 1.04 bits per heavy atom. The van der Waals surface area contributed by atoms with Crippen LogP contribution in [0.4, 0.5) is 0 Å². The van der Waals surface area contributed by atoms with Gasteiger partial charge in [0.1, 0.15) is 0 Å². The van der Waals surface area contributed by atoms with Gasteiger partial charge in [-0.25, -0.2) is 0 Å². The van der Waals surface area contributed by atoms with Gasteiger partial charge in [0.05, 0.1) is 11.8 Å². The molecule has 6 heteroatoms. The number of benzene rings is 1. The third-order valence-corrected chi connectivity index (χ3v) is 6.70. The molecule has 122 valence electrons. The molecule has 1 saturated heterocycles. The zero-order valence-corrected chi connectivity index (χ0v) is 14.3. The molecule has 5 nitrogen and oxygen atoms in total. The molecule has 0 unspecified atom stereocenters. The van der Waals surface area contributed by atoms with E-state index in [0.29, 0.717) is 5.56 Å². The predicted octanol–water partition coefficient (Wildman–Crippen LogP) is 2.29. The highest BCUT2D eigenvalue weighted by Crippen LogP contribution is 2.73. The molecule has 0 aromatic heterocycles. The molecule has 3 amide bonds. The van der Waals surface area contributed by atoms with Crippen LogP contribution in [-0.2, 0) is 9.59 Å². The number of fused-ring (bicyclic) bond motifs is 3. The number of amides is 3. The summed E-state index contributed by atoms with van der Waals surface area (Å²) < 4.78 is 0.860. The molecule has 1 aliphatic heterocycles. The lowest BCUT2D eigenvalue weighted by Crippen LogP contribution is -2.47.